The fraction of sp³-hybridized carbons (Fsp3) is 0.0714. The van der Waals surface area contributed by atoms with Gasteiger partial charge in [0, 0.05) is 5.02 Å². The molecule has 0 aliphatic rings. The third-order valence-electron chi connectivity index (χ3n) is 2.66. The zero-order valence-electron chi connectivity index (χ0n) is 10.2. The van der Waals surface area contributed by atoms with Crippen molar-refractivity contribution in [3.8, 4) is 5.75 Å². The number of benzene rings is 2. The Bertz CT molecular complexity index is 660. The Balaban J connectivity index is 2.64. The van der Waals surface area contributed by atoms with Crippen molar-refractivity contribution >= 4 is 52.2 Å². The first-order valence-corrected chi connectivity index (χ1v) is 6.98. The van der Waals surface area contributed by atoms with Crippen LogP contribution in [0.25, 0.3) is 0 Å². The number of ether oxygens (including phenoxy) is 1. The minimum absolute atomic E-state index is 0.143. The molecule has 2 aromatic carbocycles. The summed E-state index contributed by atoms with van der Waals surface area (Å²) >= 11 is 24.0. The van der Waals surface area contributed by atoms with Crippen LogP contribution >= 0.6 is 46.4 Å². The molecule has 0 N–H and O–H groups in total. The van der Waals surface area contributed by atoms with Crippen molar-refractivity contribution in [2.45, 2.75) is 0 Å². The summed E-state index contributed by atoms with van der Waals surface area (Å²) in [7, 11) is 1.45. The lowest BCUT2D eigenvalue weighted by Crippen LogP contribution is -2.06. The SMILES string of the molecule is COc1cccc(Cl)c1C(=O)c1c(Cl)cc(Cl)cc1Cl. The van der Waals surface area contributed by atoms with Gasteiger partial charge in [-0.3, -0.25) is 4.79 Å². The summed E-state index contributed by atoms with van der Waals surface area (Å²) in [5.41, 5.74) is 0.354. The van der Waals surface area contributed by atoms with E-state index in [2.05, 4.69) is 0 Å². The predicted octanol–water partition coefficient (Wildman–Crippen LogP) is 5.54. The molecule has 0 amide bonds. The molecule has 0 saturated carbocycles. The Kier molecular flexibility index (Phi) is 4.82. The number of hydrogen-bond donors (Lipinski definition) is 0. The Labute approximate surface area is 136 Å². The molecule has 0 spiro atoms. The average molecular weight is 350 g/mol. The molecule has 0 fully saturated rings. The highest BCUT2D eigenvalue weighted by Gasteiger charge is 2.23. The molecule has 0 atom stereocenters. The van der Waals surface area contributed by atoms with Crippen molar-refractivity contribution in [3.05, 3.63) is 61.5 Å². The van der Waals surface area contributed by atoms with E-state index in [4.69, 9.17) is 51.1 Å². The van der Waals surface area contributed by atoms with Gasteiger partial charge in [0.2, 0.25) is 5.78 Å². The van der Waals surface area contributed by atoms with Gasteiger partial charge in [-0.15, -0.1) is 0 Å². The minimum atomic E-state index is -0.417. The Morgan fingerprint density at radius 1 is 0.950 bits per heavy atom. The van der Waals surface area contributed by atoms with Crippen molar-refractivity contribution in [2.24, 2.45) is 0 Å². The summed E-state index contributed by atoms with van der Waals surface area (Å²) in [6.45, 7) is 0. The summed E-state index contributed by atoms with van der Waals surface area (Å²) in [6.07, 6.45) is 0. The average Bonchev–Trinajstić information content (AvgIpc) is 2.36. The van der Waals surface area contributed by atoms with Crippen LogP contribution in [0.15, 0.2) is 30.3 Å². The first-order chi connectivity index (χ1) is 9.45. The Morgan fingerprint density at radius 3 is 2.10 bits per heavy atom. The van der Waals surface area contributed by atoms with Crippen LogP contribution in [0.2, 0.25) is 20.1 Å². The molecular weight excluding hydrogens is 342 g/mol. The molecule has 0 unspecified atom stereocenters. The lowest BCUT2D eigenvalue weighted by molar-refractivity contribution is 0.103. The van der Waals surface area contributed by atoms with E-state index in [0.717, 1.165) is 0 Å². The molecule has 104 valence electrons. The second-order valence-corrected chi connectivity index (χ2v) is 5.55. The van der Waals surface area contributed by atoms with Crippen LogP contribution in [0.1, 0.15) is 15.9 Å². The van der Waals surface area contributed by atoms with Gasteiger partial charge in [0.15, 0.2) is 0 Å². The molecule has 2 aromatic rings. The summed E-state index contributed by atoms with van der Waals surface area (Å²) in [4.78, 5) is 12.6. The molecule has 0 saturated heterocycles. The zero-order valence-corrected chi connectivity index (χ0v) is 13.2. The van der Waals surface area contributed by atoms with E-state index < -0.39 is 5.78 Å². The van der Waals surface area contributed by atoms with Crippen LogP contribution in [0.5, 0.6) is 5.75 Å². The molecular formula is C14H8Cl4O2. The summed E-state index contributed by atoms with van der Waals surface area (Å²) < 4.78 is 5.15. The summed E-state index contributed by atoms with van der Waals surface area (Å²) in [6, 6.07) is 7.81. The van der Waals surface area contributed by atoms with E-state index in [1.54, 1.807) is 18.2 Å². The Hall–Kier alpha value is -0.930. The van der Waals surface area contributed by atoms with Crippen LogP contribution in [0, 0.1) is 0 Å². The molecule has 0 radical (unpaired) electrons. The first kappa shape index (κ1) is 15.5. The predicted molar refractivity (Wildman–Crippen MR) is 82.9 cm³/mol. The highest BCUT2D eigenvalue weighted by atomic mass is 35.5. The smallest absolute Gasteiger partial charge is 0.201 e. The minimum Gasteiger partial charge on any atom is -0.496 e. The quantitative estimate of drug-likeness (QED) is 0.680. The van der Waals surface area contributed by atoms with E-state index in [0.29, 0.717) is 10.8 Å². The van der Waals surface area contributed by atoms with Crippen molar-refractivity contribution < 1.29 is 9.53 Å². The van der Waals surface area contributed by atoms with Gasteiger partial charge < -0.3 is 4.74 Å². The molecule has 0 aromatic heterocycles. The van der Waals surface area contributed by atoms with Gasteiger partial charge >= 0.3 is 0 Å². The number of methoxy groups -OCH3 is 1. The highest BCUT2D eigenvalue weighted by molar-refractivity contribution is 6.44. The molecule has 20 heavy (non-hydrogen) atoms. The monoisotopic (exact) mass is 348 g/mol. The lowest BCUT2D eigenvalue weighted by Gasteiger charge is -2.11. The zero-order chi connectivity index (χ0) is 14.9. The Morgan fingerprint density at radius 2 is 1.55 bits per heavy atom. The van der Waals surface area contributed by atoms with Crippen molar-refractivity contribution in [3.63, 3.8) is 0 Å². The maximum atomic E-state index is 12.6. The van der Waals surface area contributed by atoms with E-state index in [-0.39, 0.29) is 26.2 Å². The number of ketones is 1. The van der Waals surface area contributed by atoms with E-state index >= 15 is 0 Å². The van der Waals surface area contributed by atoms with Gasteiger partial charge in [-0.2, -0.15) is 0 Å². The van der Waals surface area contributed by atoms with Crippen LogP contribution in [-0.2, 0) is 0 Å². The molecule has 0 aliphatic heterocycles. The van der Waals surface area contributed by atoms with Gasteiger partial charge in [-0.1, -0.05) is 52.5 Å². The van der Waals surface area contributed by atoms with Crippen molar-refractivity contribution in [1.29, 1.82) is 0 Å². The number of carbonyl (C=O) groups is 1. The van der Waals surface area contributed by atoms with Gasteiger partial charge in [-0.05, 0) is 24.3 Å². The topological polar surface area (TPSA) is 26.3 Å². The molecule has 2 rings (SSSR count). The molecule has 2 nitrogen and oxygen atoms in total. The van der Waals surface area contributed by atoms with E-state index in [1.165, 1.54) is 19.2 Å². The summed E-state index contributed by atoms with van der Waals surface area (Å²) in [5, 5.41) is 0.933. The van der Waals surface area contributed by atoms with E-state index in [9.17, 15) is 4.79 Å². The second kappa shape index (κ2) is 6.23. The largest absolute Gasteiger partial charge is 0.496 e. The van der Waals surface area contributed by atoms with Crippen LogP contribution < -0.4 is 4.74 Å². The van der Waals surface area contributed by atoms with Crippen molar-refractivity contribution in [1.82, 2.24) is 0 Å². The fourth-order valence-corrected chi connectivity index (χ4v) is 3.02. The number of rotatable bonds is 3. The van der Waals surface area contributed by atoms with Gasteiger partial charge in [0.25, 0.3) is 0 Å². The normalized spacial score (nSPS) is 10.4. The molecule has 0 heterocycles. The standard InChI is InChI=1S/C14H8Cl4O2/c1-20-11-4-2-3-8(16)13(11)14(19)12-9(17)5-7(15)6-10(12)18/h2-6H,1H3. The van der Waals surface area contributed by atoms with Crippen LogP contribution in [0.3, 0.4) is 0 Å². The third kappa shape index (κ3) is 2.89. The van der Waals surface area contributed by atoms with Gasteiger partial charge in [0.1, 0.15) is 5.75 Å². The number of carbonyl (C=O) groups excluding carboxylic acids is 1. The third-order valence-corrected chi connectivity index (χ3v) is 3.79. The first-order valence-electron chi connectivity index (χ1n) is 5.47. The van der Waals surface area contributed by atoms with Crippen LogP contribution in [-0.4, -0.2) is 12.9 Å². The second-order valence-electron chi connectivity index (χ2n) is 3.89. The van der Waals surface area contributed by atoms with Crippen LogP contribution in [0.4, 0.5) is 0 Å². The molecule has 0 bridgehead atoms. The summed E-state index contributed by atoms with van der Waals surface area (Å²) in [5.74, 6) is -0.0660. The molecule has 0 aliphatic carbocycles. The van der Waals surface area contributed by atoms with E-state index in [1.807, 2.05) is 0 Å². The number of halogens is 4. The van der Waals surface area contributed by atoms with Crippen molar-refractivity contribution in [2.75, 3.05) is 7.11 Å². The number of hydrogen-bond acceptors (Lipinski definition) is 2. The maximum Gasteiger partial charge on any atom is 0.201 e. The van der Waals surface area contributed by atoms with Gasteiger partial charge in [-0.25, -0.2) is 0 Å². The fourth-order valence-electron chi connectivity index (χ4n) is 1.78. The highest BCUT2D eigenvalue weighted by Crippen LogP contribution is 2.35. The maximum absolute atomic E-state index is 12.6. The lowest BCUT2D eigenvalue weighted by atomic mass is 10.0. The molecule has 6 heteroatoms. The van der Waals surface area contributed by atoms with Gasteiger partial charge in [0.05, 0.1) is 33.3 Å².